The zero-order valence-electron chi connectivity index (χ0n) is 53.1. The van der Waals surface area contributed by atoms with Crippen LogP contribution in [0.3, 0.4) is 0 Å². The number of carbonyl (C=O) groups is 1. The highest BCUT2D eigenvalue weighted by Crippen LogP contribution is 2.38. The summed E-state index contributed by atoms with van der Waals surface area (Å²) in [5.74, 6) is -0.206. The van der Waals surface area contributed by atoms with Crippen LogP contribution in [0.15, 0.2) is 60.8 Å². The monoisotopic (exact) mass is 1130 g/mol. The number of likely N-dealkylation sites (N-methyl/N-ethyl adjacent to an activating group) is 1. The Kier molecular flexibility index (Phi) is 59.4. The number of aliphatic hydroxyl groups is 1. The molecule has 464 valence electrons. The van der Waals surface area contributed by atoms with E-state index in [1.807, 2.05) is 27.2 Å². The summed E-state index contributed by atoms with van der Waals surface area (Å²) in [6, 6.07) is -0.911. The molecule has 3 unspecified atom stereocenters. The Morgan fingerprint density at radius 3 is 1.10 bits per heavy atom. The van der Waals surface area contributed by atoms with Crippen molar-refractivity contribution >= 4 is 13.7 Å². The highest BCUT2D eigenvalue weighted by molar-refractivity contribution is 7.45. The lowest BCUT2D eigenvalue weighted by atomic mass is 10.0. The first-order chi connectivity index (χ1) is 38.5. The van der Waals surface area contributed by atoms with Crippen LogP contribution < -0.4 is 10.2 Å². The molecule has 79 heavy (non-hydrogen) atoms. The molecule has 0 aliphatic heterocycles. The van der Waals surface area contributed by atoms with Crippen LogP contribution in [0.2, 0.25) is 0 Å². The smallest absolute Gasteiger partial charge is 0.268 e. The molecule has 0 heterocycles. The Balaban J connectivity index is 4.01. The fourth-order valence-corrected chi connectivity index (χ4v) is 10.8. The number of carbonyl (C=O) groups excluding carboxylic acids is 1. The maximum absolute atomic E-state index is 13.0. The van der Waals surface area contributed by atoms with Gasteiger partial charge in [0.15, 0.2) is 0 Å². The number of quaternary nitrogens is 1. The van der Waals surface area contributed by atoms with Crippen LogP contribution in [0.25, 0.3) is 0 Å². The molecule has 0 fully saturated rings. The molecule has 0 aromatic carbocycles. The van der Waals surface area contributed by atoms with Crippen LogP contribution in [-0.4, -0.2) is 68.5 Å². The van der Waals surface area contributed by atoms with E-state index < -0.39 is 26.6 Å². The van der Waals surface area contributed by atoms with E-state index in [0.717, 1.165) is 51.4 Å². The Hall–Kier alpha value is -1.80. The first-order valence-electron chi connectivity index (χ1n) is 34.2. The van der Waals surface area contributed by atoms with E-state index in [0.29, 0.717) is 17.4 Å². The zero-order valence-corrected chi connectivity index (χ0v) is 54.0. The molecule has 8 nitrogen and oxygen atoms in total. The molecule has 0 saturated carbocycles. The van der Waals surface area contributed by atoms with Crippen LogP contribution in [0.4, 0.5) is 0 Å². The van der Waals surface area contributed by atoms with E-state index in [9.17, 15) is 19.4 Å². The van der Waals surface area contributed by atoms with Gasteiger partial charge in [-0.2, -0.15) is 0 Å². The lowest BCUT2D eigenvalue weighted by Gasteiger charge is -2.29. The summed E-state index contributed by atoms with van der Waals surface area (Å²) in [5.41, 5.74) is 0. The maximum Gasteiger partial charge on any atom is 0.268 e. The molecule has 0 rings (SSSR count). The van der Waals surface area contributed by atoms with Crippen LogP contribution in [0.5, 0.6) is 0 Å². The van der Waals surface area contributed by atoms with Gasteiger partial charge in [-0.05, 0) is 77.0 Å². The fourth-order valence-electron chi connectivity index (χ4n) is 10.1. The number of aliphatic hydroxyl groups excluding tert-OH is 1. The number of amides is 1. The van der Waals surface area contributed by atoms with Gasteiger partial charge in [-0.3, -0.25) is 9.36 Å². The molecule has 3 atom stereocenters. The molecule has 0 aliphatic rings. The van der Waals surface area contributed by atoms with Crippen molar-refractivity contribution < 1.29 is 32.9 Å². The zero-order chi connectivity index (χ0) is 57.7. The Bertz CT molecular complexity index is 1470. The van der Waals surface area contributed by atoms with Gasteiger partial charge in [0.2, 0.25) is 5.91 Å². The van der Waals surface area contributed by atoms with E-state index in [2.05, 4.69) is 67.8 Å². The van der Waals surface area contributed by atoms with Crippen LogP contribution in [0, 0.1) is 0 Å². The van der Waals surface area contributed by atoms with E-state index in [1.54, 1.807) is 6.08 Å². The van der Waals surface area contributed by atoms with Gasteiger partial charge in [-0.1, -0.05) is 306 Å². The third-order valence-electron chi connectivity index (χ3n) is 15.4. The van der Waals surface area contributed by atoms with Gasteiger partial charge in [-0.15, -0.1) is 0 Å². The Morgan fingerprint density at radius 2 is 0.747 bits per heavy atom. The summed E-state index contributed by atoms with van der Waals surface area (Å²) >= 11 is 0. The number of nitrogens with zero attached hydrogens (tertiary/aromatic N) is 1. The maximum atomic E-state index is 13.0. The Labute approximate surface area is 492 Å². The van der Waals surface area contributed by atoms with Crippen LogP contribution in [-0.2, 0) is 18.4 Å². The second-order valence-corrected chi connectivity index (χ2v) is 25.9. The average Bonchev–Trinajstić information content (AvgIpc) is 3.42. The first kappa shape index (κ1) is 77.2. The van der Waals surface area contributed by atoms with Crippen molar-refractivity contribution in [3.8, 4) is 0 Å². The van der Waals surface area contributed by atoms with Gasteiger partial charge in [0, 0.05) is 6.42 Å². The summed E-state index contributed by atoms with van der Waals surface area (Å²) in [4.78, 5) is 25.6. The molecule has 0 aromatic rings. The van der Waals surface area contributed by atoms with Crippen molar-refractivity contribution in [1.29, 1.82) is 0 Å². The summed E-state index contributed by atoms with van der Waals surface area (Å²) in [7, 11) is 1.24. The Morgan fingerprint density at radius 1 is 0.443 bits per heavy atom. The number of unbranched alkanes of at least 4 members (excludes halogenated alkanes) is 42. The minimum Gasteiger partial charge on any atom is -0.756 e. The molecule has 0 aliphatic carbocycles. The topological polar surface area (TPSA) is 108 Å². The number of phosphoric acid groups is 1. The van der Waals surface area contributed by atoms with Crippen molar-refractivity contribution in [1.82, 2.24) is 5.32 Å². The third kappa shape index (κ3) is 63.6. The number of hydrogen-bond acceptors (Lipinski definition) is 6. The number of nitrogens with one attached hydrogen (secondary N) is 1. The lowest BCUT2D eigenvalue weighted by molar-refractivity contribution is -0.870. The van der Waals surface area contributed by atoms with Crippen molar-refractivity contribution in [2.75, 3.05) is 40.9 Å². The highest BCUT2D eigenvalue weighted by atomic mass is 31.2. The molecular weight excluding hydrogens is 996 g/mol. The molecule has 1 amide bonds. The van der Waals surface area contributed by atoms with Crippen molar-refractivity contribution in [3.63, 3.8) is 0 Å². The summed E-state index contributed by atoms with van der Waals surface area (Å²) in [6.45, 7) is 4.64. The standard InChI is InChI=1S/C70H133N2O6P/c1-6-8-10-12-14-16-18-20-22-24-26-28-29-30-31-32-33-34-35-36-37-38-39-40-41-42-43-44-46-48-50-52-54-56-58-60-62-64-70(74)71-68(67-78-79(75,76)77-66-65-72(3,4)5)69(73)63-61-59-57-55-53-51-49-47-45-27-25-23-21-19-17-15-13-11-9-7-2/h18,20,24,26,45,47,53,55,61,63,68-69,73H,6-17,19,21-23,25,27-44,46,48-52,54,56-60,62,64-67H2,1-5H3,(H-,71,74,75,76)/b20-18-,26-24-,47-45+,55-53+,63-61+. The first-order valence-corrected chi connectivity index (χ1v) is 35.6. The molecule has 9 heteroatoms. The third-order valence-corrected chi connectivity index (χ3v) is 16.4. The largest absolute Gasteiger partial charge is 0.756 e. The van der Waals surface area contributed by atoms with E-state index >= 15 is 0 Å². The van der Waals surface area contributed by atoms with Crippen LogP contribution >= 0.6 is 7.82 Å². The molecule has 0 aromatic heterocycles. The summed E-state index contributed by atoms with van der Waals surface area (Å²) in [6.07, 6.45) is 83.5. The quantitative estimate of drug-likeness (QED) is 0.0272. The summed E-state index contributed by atoms with van der Waals surface area (Å²) < 4.78 is 23.4. The molecule has 0 bridgehead atoms. The van der Waals surface area contributed by atoms with Gasteiger partial charge < -0.3 is 28.8 Å². The molecular formula is C70H133N2O6P. The van der Waals surface area contributed by atoms with Crippen molar-refractivity contribution in [2.45, 2.75) is 341 Å². The normalized spacial score (nSPS) is 14.1. The molecule has 0 radical (unpaired) electrons. The highest BCUT2D eigenvalue weighted by Gasteiger charge is 2.23. The SMILES string of the molecule is CCCCCCC/C=C\C/C=C\CCCCCCCCCCCCCCCCCCCCCCCCCCCC(=O)NC(COP(=O)([O-])OCC[N+](C)(C)C)C(O)/C=C/CC/C=C/CC/C=C/CCCCCCCCCCCC. The summed E-state index contributed by atoms with van der Waals surface area (Å²) in [5, 5.41) is 13.9. The second kappa shape index (κ2) is 60.8. The van der Waals surface area contributed by atoms with E-state index in [1.165, 1.54) is 257 Å². The van der Waals surface area contributed by atoms with Gasteiger partial charge in [0.25, 0.3) is 7.82 Å². The van der Waals surface area contributed by atoms with Crippen molar-refractivity contribution in [2.24, 2.45) is 0 Å². The fraction of sp³-hybridized carbons (Fsp3) is 0.843. The molecule has 0 saturated heterocycles. The minimum atomic E-state index is -4.61. The van der Waals surface area contributed by atoms with Gasteiger partial charge in [0.1, 0.15) is 13.2 Å². The van der Waals surface area contributed by atoms with Crippen molar-refractivity contribution in [3.05, 3.63) is 60.8 Å². The molecule has 0 spiro atoms. The lowest BCUT2D eigenvalue weighted by Crippen LogP contribution is -2.45. The minimum absolute atomic E-state index is 0.00860. The van der Waals surface area contributed by atoms with Gasteiger partial charge in [0.05, 0.1) is 39.9 Å². The predicted molar refractivity (Wildman–Crippen MR) is 344 cm³/mol. The van der Waals surface area contributed by atoms with Crippen LogP contribution in [0.1, 0.15) is 328 Å². The number of phosphoric ester groups is 1. The second-order valence-electron chi connectivity index (χ2n) is 24.5. The van der Waals surface area contributed by atoms with E-state index in [4.69, 9.17) is 9.05 Å². The van der Waals surface area contributed by atoms with Gasteiger partial charge >= 0.3 is 0 Å². The predicted octanol–water partition coefficient (Wildman–Crippen LogP) is 21.0. The number of rotatable bonds is 63. The van der Waals surface area contributed by atoms with E-state index in [-0.39, 0.29) is 12.5 Å². The number of hydrogen-bond donors (Lipinski definition) is 2. The van der Waals surface area contributed by atoms with Gasteiger partial charge in [-0.25, -0.2) is 0 Å². The average molecular weight is 1130 g/mol. The number of allylic oxidation sites excluding steroid dienone is 9. The molecule has 2 N–H and O–H groups in total.